The van der Waals surface area contributed by atoms with Crippen LogP contribution in [0, 0.1) is 0 Å². The van der Waals surface area contributed by atoms with E-state index in [4.69, 9.17) is 10.2 Å². The van der Waals surface area contributed by atoms with Gasteiger partial charge in [-0.2, -0.15) is 0 Å². The Labute approximate surface area is 94.9 Å². The van der Waals surface area contributed by atoms with Crippen LogP contribution in [0.5, 0.6) is 0 Å². The molecule has 0 aromatic rings. The maximum atomic E-state index is 6.36. The predicted molar refractivity (Wildman–Crippen MR) is 67.0 cm³/mol. The van der Waals surface area contributed by atoms with Gasteiger partial charge in [-0.3, -0.25) is 5.32 Å². The van der Waals surface area contributed by atoms with E-state index in [9.17, 15) is 0 Å². The molecule has 2 unspecified atom stereocenters. The molecule has 1 fully saturated rings. The molecule has 0 radical (unpaired) electrons. The van der Waals surface area contributed by atoms with Crippen molar-refractivity contribution >= 4 is 8.32 Å². The maximum absolute atomic E-state index is 6.36. The van der Waals surface area contributed by atoms with Crippen molar-refractivity contribution in [2.24, 2.45) is 5.73 Å². The monoisotopic (exact) mass is 230 g/mol. The Balaban J connectivity index is 2.71. The highest BCUT2D eigenvalue weighted by Crippen LogP contribution is 2.34. The van der Waals surface area contributed by atoms with E-state index in [1.807, 2.05) is 6.92 Å². The lowest BCUT2D eigenvalue weighted by atomic mass is 10.0. The molecule has 4 heteroatoms. The van der Waals surface area contributed by atoms with Crippen molar-refractivity contribution in [3.8, 4) is 0 Å². The zero-order chi connectivity index (χ0) is 11.5. The van der Waals surface area contributed by atoms with Crippen molar-refractivity contribution in [3.63, 3.8) is 0 Å². The van der Waals surface area contributed by atoms with Crippen LogP contribution in [0.25, 0.3) is 0 Å². The zero-order valence-electron chi connectivity index (χ0n) is 10.6. The number of rotatable bonds is 4. The van der Waals surface area contributed by atoms with Crippen molar-refractivity contribution in [3.05, 3.63) is 0 Å². The van der Waals surface area contributed by atoms with Gasteiger partial charge in [-0.05, 0) is 45.3 Å². The molecule has 2 atom stereocenters. The highest BCUT2D eigenvalue weighted by molar-refractivity contribution is 6.71. The van der Waals surface area contributed by atoms with Crippen LogP contribution >= 0.6 is 0 Å². The van der Waals surface area contributed by atoms with Crippen molar-refractivity contribution in [2.75, 3.05) is 0 Å². The third-order valence-corrected chi connectivity index (χ3v) is 5.48. The molecule has 1 heterocycles. The van der Waals surface area contributed by atoms with Gasteiger partial charge in [0, 0.05) is 0 Å². The van der Waals surface area contributed by atoms with Gasteiger partial charge in [0.25, 0.3) is 0 Å². The van der Waals surface area contributed by atoms with E-state index in [1.54, 1.807) is 0 Å². The highest BCUT2D eigenvalue weighted by Gasteiger charge is 2.41. The lowest BCUT2D eigenvalue weighted by Gasteiger charge is -2.46. The summed E-state index contributed by atoms with van der Waals surface area (Å²) >= 11 is 0. The van der Waals surface area contributed by atoms with E-state index >= 15 is 0 Å². The molecule has 90 valence electrons. The summed E-state index contributed by atoms with van der Waals surface area (Å²) in [6.45, 7) is 8.81. The summed E-state index contributed by atoms with van der Waals surface area (Å²) < 4.78 is 6.36. The van der Waals surface area contributed by atoms with E-state index in [2.05, 4.69) is 25.3 Å². The summed E-state index contributed by atoms with van der Waals surface area (Å²) in [7, 11) is -1.45. The van der Waals surface area contributed by atoms with E-state index < -0.39 is 8.32 Å². The first kappa shape index (κ1) is 13.2. The largest absolute Gasteiger partial charge is 0.400 e. The molecule has 1 saturated heterocycles. The van der Waals surface area contributed by atoms with E-state index in [0.29, 0.717) is 0 Å². The first-order valence-corrected chi connectivity index (χ1v) is 9.24. The van der Waals surface area contributed by atoms with Crippen LogP contribution in [0.1, 0.15) is 39.5 Å². The van der Waals surface area contributed by atoms with Crippen LogP contribution in [-0.4, -0.2) is 20.2 Å². The van der Waals surface area contributed by atoms with Crippen LogP contribution in [0.4, 0.5) is 0 Å². The summed E-state index contributed by atoms with van der Waals surface area (Å²) in [5, 5.41) is 3.44. The quantitative estimate of drug-likeness (QED) is 0.576. The number of hydrogen-bond acceptors (Lipinski definition) is 3. The van der Waals surface area contributed by atoms with Crippen LogP contribution in [-0.2, 0) is 4.43 Å². The van der Waals surface area contributed by atoms with E-state index in [1.165, 1.54) is 12.5 Å². The maximum Gasteiger partial charge on any atom is 0.189 e. The lowest BCUT2D eigenvalue weighted by Crippen LogP contribution is -2.60. The van der Waals surface area contributed by atoms with Gasteiger partial charge >= 0.3 is 0 Å². The first-order valence-electron chi connectivity index (χ1n) is 6.13. The lowest BCUT2D eigenvalue weighted by molar-refractivity contribution is -0.0156. The smallest absolute Gasteiger partial charge is 0.189 e. The minimum absolute atomic E-state index is 0.0134. The fourth-order valence-electron chi connectivity index (χ4n) is 2.60. The molecule has 15 heavy (non-hydrogen) atoms. The van der Waals surface area contributed by atoms with Gasteiger partial charge in [0.15, 0.2) is 8.32 Å². The summed E-state index contributed by atoms with van der Waals surface area (Å²) in [6, 6.07) is 1.28. The Kier molecular flexibility index (Phi) is 4.35. The molecule has 0 saturated carbocycles. The van der Waals surface area contributed by atoms with Crippen LogP contribution in [0.15, 0.2) is 0 Å². The van der Waals surface area contributed by atoms with Gasteiger partial charge < -0.3 is 10.2 Å². The average Bonchev–Trinajstić information content (AvgIpc) is 1.99. The predicted octanol–water partition coefficient (Wildman–Crippen LogP) is 2.39. The Hall–Kier alpha value is 0.0969. The number of hydrogen-bond donors (Lipinski definition) is 2. The van der Waals surface area contributed by atoms with Gasteiger partial charge in [-0.25, -0.2) is 0 Å². The van der Waals surface area contributed by atoms with Crippen LogP contribution in [0.3, 0.4) is 0 Å². The van der Waals surface area contributed by atoms with Crippen LogP contribution in [0.2, 0.25) is 19.1 Å². The molecule has 1 aliphatic rings. The first-order chi connectivity index (χ1) is 6.89. The second-order valence-corrected chi connectivity index (χ2v) is 9.62. The fraction of sp³-hybridized carbons (Fsp3) is 1.00. The average molecular weight is 230 g/mol. The normalized spacial score (nSPS) is 32.6. The molecule has 0 spiro atoms. The molecule has 0 bridgehead atoms. The number of nitrogens with two attached hydrogens (primary N) is 1. The third-order valence-electron chi connectivity index (χ3n) is 2.98. The Morgan fingerprint density at radius 3 is 2.67 bits per heavy atom. The van der Waals surface area contributed by atoms with Gasteiger partial charge in [0.2, 0.25) is 0 Å². The molecule has 0 aromatic carbocycles. The molecular formula is C11H26N2OSi. The second-order valence-electron chi connectivity index (χ2n) is 5.39. The molecule has 3 N–H and O–H groups in total. The molecule has 1 rings (SSSR count). The SMILES string of the molecule is CCCC1(NC(C)N)CCC[Si](C)(C)O1. The molecule has 0 aliphatic carbocycles. The Morgan fingerprint density at radius 2 is 2.20 bits per heavy atom. The minimum Gasteiger partial charge on any atom is -0.400 e. The topological polar surface area (TPSA) is 47.3 Å². The highest BCUT2D eigenvalue weighted by atomic mass is 28.4. The van der Waals surface area contributed by atoms with Gasteiger partial charge in [-0.1, -0.05) is 13.3 Å². The van der Waals surface area contributed by atoms with Crippen molar-refractivity contribution < 1.29 is 4.43 Å². The fourth-order valence-corrected chi connectivity index (χ4v) is 5.05. The van der Waals surface area contributed by atoms with Crippen molar-refractivity contribution in [2.45, 2.75) is 70.6 Å². The summed E-state index contributed by atoms with van der Waals surface area (Å²) in [5.74, 6) is 0. The molecule has 1 aliphatic heterocycles. The molecule has 3 nitrogen and oxygen atoms in total. The minimum atomic E-state index is -1.45. The molecule has 0 amide bonds. The summed E-state index contributed by atoms with van der Waals surface area (Å²) in [4.78, 5) is 0. The van der Waals surface area contributed by atoms with Gasteiger partial charge in [0.1, 0.15) is 5.72 Å². The molecule has 0 aromatic heterocycles. The third kappa shape index (κ3) is 3.87. The van der Waals surface area contributed by atoms with Gasteiger partial charge in [0.05, 0.1) is 6.17 Å². The Bertz CT molecular complexity index is 205. The zero-order valence-corrected chi connectivity index (χ0v) is 11.6. The van der Waals surface area contributed by atoms with Crippen molar-refractivity contribution in [1.29, 1.82) is 0 Å². The number of nitrogens with one attached hydrogen (secondary N) is 1. The molecular weight excluding hydrogens is 204 g/mol. The summed E-state index contributed by atoms with van der Waals surface area (Å²) in [5.41, 5.74) is 5.72. The van der Waals surface area contributed by atoms with E-state index in [-0.39, 0.29) is 11.9 Å². The van der Waals surface area contributed by atoms with Gasteiger partial charge in [-0.15, -0.1) is 0 Å². The van der Waals surface area contributed by atoms with Crippen LogP contribution < -0.4 is 11.1 Å². The van der Waals surface area contributed by atoms with Crippen molar-refractivity contribution in [1.82, 2.24) is 5.32 Å². The standard InChI is InChI=1S/C11H26N2OSi/c1-5-7-11(13-10(2)12)8-6-9-15(3,4)14-11/h10,13H,5-9,12H2,1-4H3. The Morgan fingerprint density at radius 1 is 1.53 bits per heavy atom. The van der Waals surface area contributed by atoms with E-state index in [0.717, 1.165) is 19.3 Å². The summed E-state index contributed by atoms with van der Waals surface area (Å²) in [6.07, 6.45) is 4.62. The second kappa shape index (κ2) is 4.95.